The Balaban J connectivity index is 1.73. The average molecular weight is 333 g/mol. The van der Waals surface area contributed by atoms with Gasteiger partial charge in [-0.25, -0.2) is 4.98 Å². The van der Waals surface area contributed by atoms with Crippen molar-refractivity contribution in [3.8, 4) is 16.9 Å². The van der Waals surface area contributed by atoms with E-state index in [0.717, 1.165) is 28.4 Å². The van der Waals surface area contributed by atoms with E-state index in [4.69, 9.17) is 5.73 Å². The lowest BCUT2D eigenvalue weighted by Gasteiger charge is -2.21. The predicted octanol–water partition coefficient (Wildman–Crippen LogP) is 3.78. The second kappa shape index (κ2) is 5.74. The van der Waals surface area contributed by atoms with Gasteiger partial charge >= 0.3 is 0 Å². The van der Waals surface area contributed by atoms with E-state index in [0.29, 0.717) is 11.6 Å². The molecule has 4 rings (SSSR count). The summed E-state index contributed by atoms with van der Waals surface area (Å²) in [4.78, 5) is 6.38. The van der Waals surface area contributed by atoms with Crippen molar-refractivity contribution in [1.82, 2.24) is 9.88 Å². The van der Waals surface area contributed by atoms with Crippen LogP contribution in [-0.2, 0) is 5.41 Å². The van der Waals surface area contributed by atoms with Gasteiger partial charge in [-0.2, -0.15) is 0 Å². The number of benzene rings is 2. The van der Waals surface area contributed by atoms with Crippen LogP contribution in [0.15, 0.2) is 48.7 Å². The highest BCUT2D eigenvalue weighted by Crippen LogP contribution is 2.50. The van der Waals surface area contributed by atoms with Crippen LogP contribution in [0, 0.1) is 0 Å². The summed E-state index contributed by atoms with van der Waals surface area (Å²) in [5, 5.41) is 12.6. The van der Waals surface area contributed by atoms with Crippen LogP contribution in [-0.4, -0.2) is 35.6 Å². The number of nitrogens with two attached hydrogens (primary N) is 1. The Hall–Kier alpha value is -2.59. The molecule has 1 aliphatic rings. The zero-order valence-electron chi connectivity index (χ0n) is 14.7. The Morgan fingerprint density at radius 3 is 2.60 bits per heavy atom. The summed E-state index contributed by atoms with van der Waals surface area (Å²) in [6.07, 6.45) is 4.08. The molecule has 1 aromatic heterocycles. The number of hydrogen-bond donors (Lipinski definition) is 2. The quantitative estimate of drug-likeness (QED) is 0.763. The number of fused-ring (bicyclic) bond motifs is 1. The predicted molar refractivity (Wildman–Crippen MR) is 103 cm³/mol. The van der Waals surface area contributed by atoms with Gasteiger partial charge in [0.05, 0.1) is 0 Å². The molecule has 0 amide bonds. The largest absolute Gasteiger partial charge is 0.507 e. The summed E-state index contributed by atoms with van der Waals surface area (Å²) in [6, 6.07) is 14.1. The normalized spacial score (nSPS) is 15.6. The van der Waals surface area contributed by atoms with Crippen molar-refractivity contribution < 1.29 is 5.11 Å². The first kappa shape index (κ1) is 15.9. The summed E-state index contributed by atoms with van der Waals surface area (Å²) < 4.78 is 0. The maximum atomic E-state index is 10.7. The number of phenols is 1. The van der Waals surface area contributed by atoms with Gasteiger partial charge in [0.25, 0.3) is 0 Å². The Morgan fingerprint density at radius 2 is 1.92 bits per heavy atom. The van der Waals surface area contributed by atoms with Crippen LogP contribution in [0.2, 0.25) is 0 Å². The first-order valence-corrected chi connectivity index (χ1v) is 8.61. The van der Waals surface area contributed by atoms with Gasteiger partial charge in [-0.15, -0.1) is 0 Å². The number of nitrogen functional groups attached to an aromatic ring is 1. The zero-order valence-corrected chi connectivity index (χ0v) is 14.7. The smallest absolute Gasteiger partial charge is 0.131 e. The molecule has 0 aliphatic heterocycles. The van der Waals surface area contributed by atoms with Gasteiger partial charge in [0, 0.05) is 29.1 Å². The van der Waals surface area contributed by atoms with E-state index in [1.54, 1.807) is 6.20 Å². The van der Waals surface area contributed by atoms with E-state index in [2.05, 4.69) is 30.0 Å². The number of pyridine rings is 1. The Kier molecular flexibility index (Phi) is 3.65. The van der Waals surface area contributed by atoms with Crippen LogP contribution < -0.4 is 5.73 Å². The third kappa shape index (κ3) is 2.83. The molecule has 0 unspecified atom stereocenters. The second-order valence-corrected chi connectivity index (χ2v) is 7.38. The van der Waals surface area contributed by atoms with Gasteiger partial charge in [-0.3, -0.25) is 0 Å². The first-order valence-electron chi connectivity index (χ1n) is 8.61. The average Bonchev–Trinajstić information content (AvgIpc) is 3.35. The highest BCUT2D eigenvalue weighted by atomic mass is 16.3. The van der Waals surface area contributed by atoms with Crippen LogP contribution in [0.5, 0.6) is 5.75 Å². The standard InChI is InChI=1S/C21H23N3O/c1-24(2)13-21(8-9-21)16-5-6-17(19(25)12-16)15-4-3-14-7-10-23-20(22)18(14)11-15/h3-7,10-12,25H,8-9,13H2,1-2H3,(H2,22,23). The molecule has 0 spiro atoms. The molecule has 4 nitrogen and oxygen atoms in total. The van der Waals surface area contributed by atoms with Crippen LogP contribution in [0.3, 0.4) is 0 Å². The monoisotopic (exact) mass is 333 g/mol. The Morgan fingerprint density at radius 1 is 1.12 bits per heavy atom. The highest BCUT2D eigenvalue weighted by Gasteiger charge is 2.44. The fraction of sp³-hybridized carbons (Fsp3) is 0.286. The van der Waals surface area contributed by atoms with E-state index >= 15 is 0 Å². The number of anilines is 1. The van der Waals surface area contributed by atoms with Gasteiger partial charge in [-0.1, -0.05) is 24.3 Å². The number of nitrogens with zero attached hydrogens (tertiary/aromatic N) is 2. The SMILES string of the molecule is CN(C)CC1(c2ccc(-c3ccc4ccnc(N)c4c3)c(O)c2)CC1. The van der Waals surface area contributed by atoms with Crippen LogP contribution in [0.1, 0.15) is 18.4 Å². The molecule has 2 aromatic carbocycles. The second-order valence-electron chi connectivity index (χ2n) is 7.38. The molecule has 25 heavy (non-hydrogen) atoms. The lowest BCUT2D eigenvalue weighted by atomic mass is 9.92. The molecule has 1 heterocycles. The van der Waals surface area contributed by atoms with E-state index in [-0.39, 0.29) is 5.41 Å². The van der Waals surface area contributed by atoms with E-state index < -0.39 is 0 Å². The van der Waals surface area contributed by atoms with Gasteiger partial charge in [-0.05, 0) is 61.6 Å². The molecule has 1 fully saturated rings. The molecule has 3 N–H and O–H groups in total. The van der Waals surface area contributed by atoms with Crippen LogP contribution >= 0.6 is 0 Å². The highest BCUT2D eigenvalue weighted by molar-refractivity contribution is 5.94. The van der Waals surface area contributed by atoms with Crippen molar-refractivity contribution in [2.45, 2.75) is 18.3 Å². The van der Waals surface area contributed by atoms with Gasteiger partial charge in [0.1, 0.15) is 11.6 Å². The molecule has 0 saturated heterocycles. The summed E-state index contributed by atoms with van der Waals surface area (Å²) in [7, 11) is 4.20. The number of hydrogen-bond acceptors (Lipinski definition) is 4. The van der Waals surface area contributed by atoms with E-state index in [1.807, 2.05) is 36.4 Å². The number of aromatic nitrogens is 1. The summed E-state index contributed by atoms with van der Waals surface area (Å²) in [5.41, 5.74) is 9.21. The molecule has 0 bridgehead atoms. The Bertz CT molecular complexity index is 945. The summed E-state index contributed by atoms with van der Waals surface area (Å²) in [6.45, 7) is 1.02. The number of rotatable bonds is 4. The van der Waals surface area contributed by atoms with Gasteiger partial charge in [0.2, 0.25) is 0 Å². The topological polar surface area (TPSA) is 62.4 Å². The van der Waals surface area contributed by atoms with Gasteiger partial charge in [0.15, 0.2) is 0 Å². The van der Waals surface area contributed by atoms with Crippen molar-refractivity contribution in [2.24, 2.45) is 0 Å². The van der Waals surface area contributed by atoms with Gasteiger partial charge < -0.3 is 15.7 Å². The fourth-order valence-electron chi connectivity index (χ4n) is 3.76. The molecule has 0 atom stereocenters. The number of phenolic OH excluding ortho intramolecular Hbond substituents is 1. The number of aromatic hydroxyl groups is 1. The molecular formula is C21H23N3O. The zero-order chi connectivity index (χ0) is 17.6. The molecule has 1 aliphatic carbocycles. The molecule has 0 radical (unpaired) electrons. The third-order valence-electron chi connectivity index (χ3n) is 5.19. The molecule has 3 aromatic rings. The van der Waals surface area contributed by atoms with Crippen molar-refractivity contribution in [2.75, 3.05) is 26.4 Å². The molecule has 1 saturated carbocycles. The molecule has 128 valence electrons. The first-order chi connectivity index (χ1) is 12.0. The Labute approximate surface area is 147 Å². The molecule has 4 heteroatoms. The third-order valence-corrected chi connectivity index (χ3v) is 5.19. The van der Waals surface area contributed by atoms with Crippen molar-refractivity contribution in [1.29, 1.82) is 0 Å². The lowest BCUT2D eigenvalue weighted by molar-refractivity contribution is 0.362. The van der Waals surface area contributed by atoms with Crippen molar-refractivity contribution in [3.05, 3.63) is 54.2 Å². The number of likely N-dealkylation sites (N-methyl/N-ethyl adjacent to an activating group) is 1. The van der Waals surface area contributed by atoms with Crippen LogP contribution in [0.4, 0.5) is 5.82 Å². The maximum Gasteiger partial charge on any atom is 0.131 e. The van der Waals surface area contributed by atoms with Crippen molar-refractivity contribution in [3.63, 3.8) is 0 Å². The molecular weight excluding hydrogens is 310 g/mol. The minimum Gasteiger partial charge on any atom is -0.507 e. The maximum absolute atomic E-state index is 10.7. The summed E-state index contributed by atoms with van der Waals surface area (Å²) in [5.74, 6) is 0.836. The van der Waals surface area contributed by atoms with Crippen LogP contribution in [0.25, 0.3) is 21.9 Å². The minimum absolute atomic E-state index is 0.206. The van der Waals surface area contributed by atoms with Crippen molar-refractivity contribution >= 4 is 16.6 Å². The van der Waals surface area contributed by atoms with E-state index in [1.165, 1.54) is 18.4 Å². The van der Waals surface area contributed by atoms with E-state index in [9.17, 15) is 5.11 Å². The fourth-order valence-corrected chi connectivity index (χ4v) is 3.76. The minimum atomic E-state index is 0.206. The lowest BCUT2D eigenvalue weighted by Crippen LogP contribution is -2.25. The summed E-state index contributed by atoms with van der Waals surface area (Å²) >= 11 is 0.